The zero-order valence-electron chi connectivity index (χ0n) is 17.8. The van der Waals surface area contributed by atoms with Crippen molar-refractivity contribution in [2.75, 3.05) is 31.2 Å². The minimum absolute atomic E-state index is 0.0695. The molecule has 1 amide bonds. The van der Waals surface area contributed by atoms with Crippen LogP contribution in [-0.2, 0) is 14.8 Å². The molecule has 1 aromatic rings. The van der Waals surface area contributed by atoms with Crippen LogP contribution >= 0.6 is 0 Å². The zero-order chi connectivity index (χ0) is 21.7. The number of hydrogen-bond acceptors (Lipinski definition) is 6. The molecule has 164 valence electrons. The lowest BCUT2D eigenvalue weighted by molar-refractivity contribution is 0.0302. The number of anilines is 2. The number of likely N-dealkylation sites (N-methyl/N-ethyl adjacent to an activating group) is 1. The molecule has 0 saturated heterocycles. The van der Waals surface area contributed by atoms with E-state index in [0.717, 1.165) is 18.5 Å². The van der Waals surface area contributed by atoms with Gasteiger partial charge in [-0.05, 0) is 51.8 Å². The van der Waals surface area contributed by atoms with Crippen molar-refractivity contribution < 1.29 is 17.9 Å². The van der Waals surface area contributed by atoms with Crippen LogP contribution in [0.5, 0.6) is 0 Å². The lowest BCUT2D eigenvalue weighted by Crippen LogP contribution is -2.39. The third kappa shape index (κ3) is 7.40. The molecule has 0 unspecified atom stereocenters. The lowest BCUT2D eigenvalue weighted by Gasteiger charge is -2.25. The van der Waals surface area contributed by atoms with Gasteiger partial charge in [-0.2, -0.15) is 0 Å². The molecule has 0 atom stereocenters. The first kappa shape index (κ1) is 23.3. The van der Waals surface area contributed by atoms with Gasteiger partial charge in [-0.25, -0.2) is 17.9 Å². The fourth-order valence-corrected chi connectivity index (χ4v) is 4.22. The van der Waals surface area contributed by atoms with Gasteiger partial charge in [0.15, 0.2) is 0 Å². The first-order valence-corrected chi connectivity index (χ1v) is 11.6. The monoisotopic (exact) mass is 426 g/mol. The Hall–Kier alpha value is -2.00. The van der Waals surface area contributed by atoms with E-state index in [0.29, 0.717) is 11.7 Å². The average Bonchev–Trinajstić information content (AvgIpc) is 2.62. The maximum Gasteiger partial charge on any atom is 0.410 e. The highest BCUT2D eigenvalue weighted by atomic mass is 32.2. The summed E-state index contributed by atoms with van der Waals surface area (Å²) < 4.78 is 32.8. The summed E-state index contributed by atoms with van der Waals surface area (Å²) in [6.07, 6.45) is 5.37. The van der Waals surface area contributed by atoms with Crippen molar-refractivity contribution in [1.29, 1.82) is 0 Å². The number of ether oxygens (including phenoxy) is 1. The minimum Gasteiger partial charge on any atom is -0.444 e. The molecule has 9 heteroatoms. The number of carbonyl (C=O) groups excluding carboxylic acids is 1. The zero-order valence-corrected chi connectivity index (χ0v) is 18.6. The van der Waals surface area contributed by atoms with Gasteiger partial charge >= 0.3 is 6.09 Å². The fourth-order valence-electron chi connectivity index (χ4n) is 3.17. The number of nitrogen functional groups attached to an aromatic ring is 1. The number of nitrogens with zero attached hydrogens (tertiary/aromatic N) is 1. The van der Waals surface area contributed by atoms with Gasteiger partial charge < -0.3 is 20.7 Å². The summed E-state index contributed by atoms with van der Waals surface area (Å²) in [5.41, 5.74) is 6.66. The van der Waals surface area contributed by atoms with E-state index in [2.05, 4.69) is 10.0 Å². The van der Waals surface area contributed by atoms with Crippen LogP contribution < -0.4 is 15.8 Å². The number of carbonyl (C=O) groups is 1. The molecular formula is C20H34N4O4S. The summed E-state index contributed by atoms with van der Waals surface area (Å²) in [5, 5.41) is 3.42. The van der Waals surface area contributed by atoms with Crippen LogP contribution in [0.1, 0.15) is 52.9 Å². The molecule has 8 nitrogen and oxygen atoms in total. The van der Waals surface area contributed by atoms with Crippen molar-refractivity contribution in [1.82, 2.24) is 9.62 Å². The van der Waals surface area contributed by atoms with Crippen molar-refractivity contribution in [3.05, 3.63) is 18.2 Å². The summed E-state index contributed by atoms with van der Waals surface area (Å²) in [7, 11) is -2.16. The van der Waals surface area contributed by atoms with E-state index in [1.165, 1.54) is 30.2 Å². The van der Waals surface area contributed by atoms with E-state index in [-0.39, 0.29) is 18.0 Å². The minimum atomic E-state index is -3.73. The number of sulfonamides is 1. The second-order valence-electron chi connectivity index (χ2n) is 8.53. The maximum atomic E-state index is 12.5. The molecule has 0 radical (unpaired) electrons. The second-order valence-corrected chi connectivity index (χ2v) is 10.3. The highest BCUT2D eigenvalue weighted by molar-refractivity contribution is 7.89. The first-order valence-electron chi connectivity index (χ1n) is 10.1. The highest BCUT2D eigenvalue weighted by Crippen LogP contribution is 2.27. The molecule has 0 heterocycles. The fraction of sp³-hybridized carbons (Fsp3) is 0.650. The Morgan fingerprint density at radius 3 is 2.48 bits per heavy atom. The Morgan fingerprint density at radius 1 is 1.24 bits per heavy atom. The molecule has 0 aromatic heterocycles. The Labute approximate surface area is 174 Å². The number of benzene rings is 1. The molecule has 1 saturated carbocycles. The molecular weight excluding hydrogens is 392 g/mol. The number of nitrogens with two attached hydrogens (primary N) is 1. The topological polar surface area (TPSA) is 114 Å². The van der Waals surface area contributed by atoms with E-state index in [1.807, 2.05) is 0 Å². The number of hydrogen-bond donors (Lipinski definition) is 3. The smallest absolute Gasteiger partial charge is 0.410 e. The van der Waals surface area contributed by atoms with Gasteiger partial charge in [0.25, 0.3) is 0 Å². The predicted octanol–water partition coefficient (Wildman–Crippen LogP) is 3.16. The molecule has 1 aromatic carbocycles. The van der Waals surface area contributed by atoms with E-state index in [1.54, 1.807) is 40.0 Å². The van der Waals surface area contributed by atoms with Crippen LogP contribution in [0.2, 0.25) is 0 Å². The van der Waals surface area contributed by atoms with Crippen LogP contribution in [0, 0.1) is 0 Å². The predicted molar refractivity (Wildman–Crippen MR) is 115 cm³/mol. The Balaban J connectivity index is 1.91. The largest absolute Gasteiger partial charge is 0.444 e. The maximum absolute atomic E-state index is 12.5. The van der Waals surface area contributed by atoms with E-state index in [4.69, 9.17) is 10.5 Å². The molecule has 0 spiro atoms. The quantitative estimate of drug-likeness (QED) is 0.577. The Morgan fingerprint density at radius 2 is 1.90 bits per heavy atom. The van der Waals surface area contributed by atoms with Crippen LogP contribution in [0.4, 0.5) is 16.2 Å². The van der Waals surface area contributed by atoms with E-state index >= 15 is 0 Å². The Bertz CT molecular complexity index is 799. The van der Waals surface area contributed by atoms with Crippen molar-refractivity contribution in [3.63, 3.8) is 0 Å². The summed E-state index contributed by atoms with van der Waals surface area (Å²) in [5.74, 6) is 0. The molecule has 1 aliphatic rings. The van der Waals surface area contributed by atoms with Gasteiger partial charge in [0.1, 0.15) is 5.60 Å². The summed E-state index contributed by atoms with van der Waals surface area (Å²) in [4.78, 5) is 13.4. The van der Waals surface area contributed by atoms with Crippen molar-refractivity contribution in [2.24, 2.45) is 0 Å². The number of rotatable bonds is 7. The molecule has 4 N–H and O–H groups in total. The van der Waals surface area contributed by atoms with Gasteiger partial charge in [-0.15, -0.1) is 0 Å². The standard InChI is InChI=1S/C20H34N4O4S/c1-20(2,3)28-19(25)24(4)13-12-22-29(26,27)16-10-11-18(17(21)14-16)23-15-8-6-5-7-9-15/h10-11,14-15,22-23H,5-9,12-13,21H2,1-4H3. The number of nitrogens with one attached hydrogen (secondary N) is 2. The van der Waals surface area contributed by atoms with E-state index in [9.17, 15) is 13.2 Å². The van der Waals surface area contributed by atoms with Crippen molar-refractivity contribution >= 4 is 27.5 Å². The van der Waals surface area contributed by atoms with E-state index < -0.39 is 21.7 Å². The van der Waals surface area contributed by atoms with Crippen LogP contribution in [-0.4, -0.2) is 51.2 Å². The van der Waals surface area contributed by atoms with Gasteiger partial charge in [0, 0.05) is 26.2 Å². The van der Waals surface area contributed by atoms with Crippen LogP contribution in [0.25, 0.3) is 0 Å². The van der Waals surface area contributed by atoms with Gasteiger partial charge in [-0.1, -0.05) is 19.3 Å². The first-order chi connectivity index (χ1) is 13.5. The molecule has 2 rings (SSSR count). The van der Waals surface area contributed by atoms with Crippen molar-refractivity contribution in [3.8, 4) is 0 Å². The van der Waals surface area contributed by atoms with Gasteiger partial charge in [0.05, 0.1) is 16.3 Å². The lowest BCUT2D eigenvalue weighted by atomic mass is 9.95. The molecule has 1 fully saturated rings. The third-order valence-electron chi connectivity index (χ3n) is 4.74. The highest BCUT2D eigenvalue weighted by Gasteiger charge is 2.21. The summed E-state index contributed by atoms with van der Waals surface area (Å²) in [6.45, 7) is 5.58. The van der Waals surface area contributed by atoms with Crippen LogP contribution in [0.3, 0.4) is 0 Å². The van der Waals surface area contributed by atoms with Crippen LogP contribution in [0.15, 0.2) is 23.1 Å². The molecule has 0 aliphatic heterocycles. The summed E-state index contributed by atoms with van der Waals surface area (Å²) in [6, 6.07) is 5.10. The van der Waals surface area contributed by atoms with Crippen molar-refractivity contribution in [2.45, 2.75) is 69.4 Å². The van der Waals surface area contributed by atoms with Gasteiger partial charge in [0.2, 0.25) is 10.0 Å². The Kier molecular flexibility index (Phi) is 7.76. The normalized spacial score (nSPS) is 15.7. The average molecular weight is 427 g/mol. The SMILES string of the molecule is CN(CCNS(=O)(=O)c1ccc(NC2CCCCC2)c(N)c1)C(=O)OC(C)(C)C. The third-order valence-corrected chi connectivity index (χ3v) is 6.20. The number of amides is 1. The molecule has 29 heavy (non-hydrogen) atoms. The molecule has 0 bridgehead atoms. The second kappa shape index (κ2) is 9.67. The van der Waals surface area contributed by atoms with Gasteiger partial charge in [-0.3, -0.25) is 0 Å². The molecule has 1 aliphatic carbocycles. The summed E-state index contributed by atoms with van der Waals surface area (Å²) >= 11 is 0.